The van der Waals surface area contributed by atoms with E-state index in [-0.39, 0.29) is 24.4 Å². The first kappa shape index (κ1) is 17.8. The largest absolute Gasteiger partial charge is 0.349 e. The predicted molar refractivity (Wildman–Crippen MR) is 91.3 cm³/mol. The summed E-state index contributed by atoms with van der Waals surface area (Å²) in [6.07, 6.45) is 0.583. The second-order valence-corrected chi connectivity index (χ2v) is 7.70. The van der Waals surface area contributed by atoms with Crippen LogP contribution in [0.4, 0.5) is 0 Å². The summed E-state index contributed by atoms with van der Waals surface area (Å²) < 4.78 is 0. The molecule has 2 atom stereocenters. The van der Waals surface area contributed by atoms with E-state index in [2.05, 4.69) is 37.5 Å². The zero-order chi connectivity index (χ0) is 13.8. The summed E-state index contributed by atoms with van der Waals surface area (Å²) in [6, 6.07) is 2.62. The molecule has 2 N–H and O–H groups in total. The second-order valence-electron chi connectivity index (χ2n) is 5.09. The van der Waals surface area contributed by atoms with Crippen LogP contribution in [0.2, 0.25) is 0 Å². The van der Waals surface area contributed by atoms with Crippen LogP contribution in [-0.4, -0.2) is 30.0 Å². The van der Waals surface area contributed by atoms with Crippen LogP contribution in [0.15, 0.2) is 6.07 Å². The van der Waals surface area contributed by atoms with Gasteiger partial charge in [0.25, 0.3) is 0 Å². The van der Waals surface area contributed by atoms with Crippen LogP contribution in [0.5, 0.6) is 0 Å². The van der Waals surface area contributed by atoms with Gasteiger partial charge in [-0.2, -0.15) is 11.8 Å². The highest BCUT2D eigenvalue weighted by atomic mass is 35.5. The Morgan fingerprint density at radius 2 is 2.30 bits per heavy atom. The monoisotopic (exact) mass is 334 g/mol. The Hall–Kier alpha value is -0.230. The van der Waals surface area contributed by atoms with Crippen molar-refractivity contribution in [3.8, 4) is 0 Å². The molecule has 0 spiro atoms. The third-order valence-electron chi connectivity index (χ3n) is 3.35. The lowest BCUT2D eigenvalue weighted by molar-refractivity contribution is -0.122. The summed E-state index contributed by atoms with van der Waals surface area (Å²) >= 11 is 3.72. The van der Waals surface area contributed by atoms with E-state index in [4.69, 9.17) is 0 Å². The first-order valence-electron chi connectivity index (χ1n) is 6.73. The smallest absolute Gasteiger partial charge is 0.222 e. The second kappa shape index (κ2) is 8.27. The third-order valence-corrected chi connectivity index (χ3v) is 5.47. The van der Waals surface area contributed by atoms with E-state index in [1.807, 2.05) is 11.8 Å². The van der Waals surface area contributed by atoms with E-state index in [0.29, 0.717) is 12.5 Å². The van der Waals surface area contributed by atoms with Gasteiger partial charge in [-0.05, 0) is 32.4 Å². The fraction of sp³-hybridized carbons (Fsp3) is 0.643. The van der Waals surface area contributed by atoms with Crippen molar-refractivity contribution in [1.29, 1.82) is 0 Å². The molecule has 1 aromatic rings. The van der Waals surface area contributed by atoms with E-state index in [1.165, 1.54) is 15.3 Å². The number of hydrogen-bond donors (Lipinski definition) is 2. The van der Waals surface area contributed by atoms with Gasteiger partial charge in [0.05, 0.1) is 6.04 Å². The van der Waals surface area contributed by atoms with Gasteiger partial charge in [0.15, 0.2) is 0 Å². The highest BCUT2D eigenvalue weighted by Crippen LogP contribution is 2.26. The highest BCUT2D eigenvalue weighted by molar-refractivity contribution is 7.99. The van der Waals surface area contributed by atoms with Gasteiger partial charge in [-0.15, -0.1) is 23.7 Å². The molecule has 3 nitrogen and oxygen atoms in total. The molecule has 0 saturated carbocycles. The molecule has 0 bridgehead atoms. The number of carbonyl (C=O) groups is 1. The van der Waals surface area contributed by atoms with Crippen LogP contribution < -0.4 is 10.6 Å². The highest BCUT2D eigenvalue weighted by Gasteiger charge is 2.19. The number of hydrogen-bond acceptors (Lipinski definition) is 4. The molecule has 1 aromatic heterocycles. The van der Waals surface area contributed by atoms with E-state index in [9.17, 15) is 4.79 Å². The molecule has 6 heteroatoms. The van der Waals surface area contributed by atoms with Crippen LogP contribution in [-0.2, 0) is 4.79 Å². The molecule has 1 aliphatic heterocycles. The van der Waals surface area contributed by atoms with Gasteiger partial charge in [-0.25, -0.2) is 0 Å². The van der Waals surface area contributed by atoms with E-state index in [1.54, 1.807) is 11.3 Å². The fourth-order valence-electron chi connectivity index (χ4n) is 2.43. The quantitative estimate of drug-likeness (QED) is 0.889. The van der Waals surface area contributed by atoms with Crippen LogP contribution in [0.3, 0.4) is 0 Å². The molecule has 1 fully saturated rings. The fourth-order valence-corrected chi connectivity index (χ4v) is 4.40. The van der Waals surface area contributed by atoms with Crippen LogP contribution >= 0.6 is 35.5 Å². The Bertz CT molecular complexity index is 444. The lowest BCUT2D eigenvalue weighted by atomic mass is 10.1. The standard InChI is InChI=1S/C14H22N2OS2.ClH/c1-9-6-13(11(3)19-9)10(2)16-14(17)7-12-8-18-5-4-15-12;/h6,10,12,15H,4-5,7-8H2,1-3H3,(H,16,17);1H. The van der Waals surface area contributed by atoms with Crippen LogP contribution in [0, 0.1) is 13.8 Å². The van der Waals surface area contributed by atoms with E-state index in [0.717, 1.165) is 18.1 Å². The molecule has 1 saturated heterocycles. The number of aryl methyl sites for hydroxylation is 2. The summed E-state index contributed by atoms with van der Waals surface area (Å²) in [6.45, 7) is 7.31. The Labute approximate surface area is 135 Å². The summed E-state index contributed by atoms with van der Waals surface area (Å²) in [7, 11) is 0. The van der Waals surface area contributed by atoms with Gasteiger partial charge in [0, 0.05) is 40.3 Å². The van der Waals surface area contributed by atoms with Gasteiger partial charge in [-0.1, -0.05) is 0 Å². The summed E-state index contributed by atoms with van der Waals surface area (Å²) in [5, 5.41) is 6.51. The SMILES string of the molecule is Cc1cc(C(C)NC(=O)CC2CSCCN2)c(C)s1.Cl. The lowest BCUT2D eigenvalue weighted by Crippen LogP contribution is -2.41. The topological polar surface area (TPSA) is 41.1 Å². The van der Waals surface area contributed by atoms with Gasteiger partial charge in [0.1, 0.15) is 0 Å². The zero-order valence-corrected chi connectivity index (χ0v) is 14.6. The first-order valence-corrected chi connectivity index (χ1v) is 8.71. The molecule has 2 heterocycles. The first-order chi connectivity index (χ1) is 9.06. The molecule has 0 aliphatic carbocycles. The van der Waals surface area contributed by atoms with Crippen molar-refractivity contribution in [1.82, 2.24) is 10.6 Å². The summed E-state index contributed by atoms with van der Waals surface area (Å²) in [4.78, 5) is 14.7. The number of halogens is 1. The van der Waals surface area contributed by atoms with Crippen LogP contribution in [0.1, 0.15) is 34.7 Å². The Morgan fingerprint density at radius 1 is 1.55 bits per heavy atom. The van der Waals surface area contributed by atoms with Crippen molar-refractivity contribution in [2.45, 2.75) is 39.3 Å². The molecular weight excluding hydrogens is 312 g/mol. The predicted octanol–water partition coefficient (Wildman–Crippen LogP) is 3.06. The van der Waals surface area contributed by atoms with Crippen LogP contribution in [0.25, 0.3) is 0 Å². The molecule has 114 valence electrons. The van der Waals surface area contributed by atoms with E-state index >= 15 is 0 Å². The lowest BCUT2D eigenvalue weighted by Gasteiger charge is -2.23. The average Bonchev–Trinajstić information content (AvgIpc) is 2.69. The molecule has 1 aliphatic rings. The average molecular weight is 335 g/mol. The van der Waals surface area contributed by atoms with Crippen molar-refractivity contribution in [3.05, 3.63) is 21.4 Å². The molecular formula is C14H23ClN2OS2. The minimum absolute atomic E-state index is 0. The van der Waals surface area contributed by atoms with Gasteiger partial charge >= 0.3 is 0 Å². The number of rotatable bonds is 4. The minimum Gasteiger partial charge on any atom is -0.349 e. The van der Waals surface area contributed by atoms with E-state index < -0.39 is 0 Å². The third kappa shape index (κ3) is 4.95. The Kier molecular flexibility index (Phi) is 7.37. The summed E-state index contributed by atoms with van der Waals surface area (Å²) in [5.74, 6) is 2.34. The molecule has 0 aromatic carbocycles. The van der Waals surface area contributed by atoms with Gasteiger partial charge in [0.2, 0.25) is 5.91 Å². The number of thiophene rings is 1. The molecule has 1 amide bonds. The normalized spacial score (nSPS) is 20.1. The molecule has 2 rings (SSSR count). The zero-order valence-electron chi connectivity index (χ0n) is 12.2. The van der Waals surface area contributed by atoms with Crippen molar-refractivity contribution in [2.75, 3.05) is 18.1 Å². The molecule has 20 heavy (non-hydrogen) atoms. The maximum absolute atomic E-state index is 12.1. The van der Waals surface area contributed by atoms with Crippen molar-refractivity contribution >= 4 is 41.4 Å². The maximum atomic E-state index is 12.1. The van der Waals surface area contributed by atoms with Crippen molar-refractivity contribution < 1.29 is 4.79 Å². The number of amides is 1. The number of nitrogens with one attached hydrogen (secondary N) is 2. The minimum atomic E-state index is 0. The Balaban J connectivity index is 0.00000200. The molecule has 2 unspecified atom stereocenters. The van der Waals surface area contributed by atoms with Crippen molar-refractivity contribution in [2.24, 2.45) is 0 Å². The summed E-state index contributed by atoms with van der Waals surface area (Å²) in [5.41, 5.74) is 1.25. The maximum Gasteiger partial charge on any atom is 0.222 e. The van der Waals surface area contributed by atoms with Crippen molar-refractivity contribution in [3.63, 3.8) is 0 Å². The number of thioether (sulfide) groups is 1. The van der Waals surface area contributed by atoms with Gasteiger partial charge < -0.3 is 10.6 Å². The molecule has 0 radical (unpaired) electrons. The van der Waals surface area contributed by atoms with Gasteiger partial charge in [-0.3, -0.25) is 4.79 Å². The number of carbonyl (C=O) groups excluding carboxylic acids is 1. The Morgan fingerprint density at radius 3 is 2.85 bits per heavy atom.